The molecule has 1 aliphatic heterocycles. The van der Waals surface area contributed by atoms with E-state index in [1.807, 2.05) is 6.07 Å². The predicted molar refractivity (Wildman–Crippen MR) is 83.2 cm³/mol. The zero-order valence-electron chi connectivity index (χ0n) is 12.7. The molecule has 1 aromatic carbocycles. The number of carbonyl (C=O) groups excluding carboxylic acids is 1. The molecule has 3 rings (SSSR count). The molecule has 1 atom stereocenters. The lowest BCUT2D eigenvalue weighted by atomic mass is 9.86. The van der Waals surface area contributed by atoms with E-state index in [0.29, 0.717) is 11.1 Å². The molecule has 0 aliphatic carbocycles. The fourth-order valence-electron chi connectivity index (χ4n) is 2.88. The van der Waals surface area contributed by atoms with Gasteiger partial charge in [-0.3, -0.25) is 18.7 Å². The first-order chi connectivity index (χ1) is 10.9. The van der Waals surface area contributed by atoms with Crippen molar-refractivity contribution in [3.63, 3.8) is 0 Å². The fraction of sp³-hybridized carbons (Fsp3) is 0.250. The molecule has 7 nitrogen and oxygen atoms in total. The van der Waals surface area contributed by atoms with E-state index in [2.05, 4.69) is 5.32 Å². The van der Waals surface area contributed by atoms with E-state index in [1.165, 1.54) is 18.7 Å². The van der Waals surface area contributed by atoms with Gasteiger partial charge in [0.1, 0.15) is 5.82 Å². The van der Waals surface area contributed by atoms with Crippen LogP contribution in [0.3, 0.4) is 0 Å². The second kappa shape index (κ2) is 5.25. The minimum absolute atomic E-state index is 0.117. The van der Waals surface area contributed by atoms with Crippen molar-refractivity contribution in [2.75, 3.05) is 5.32 Å². The summed E-state index contributed by atoms with van der Waals surface area (Å²) in [7, 11) is 2.93. The SMILES string of the molecule is Cn1c2c(c(=O)n(C)c1=O)C(c1ccc(C#N)cc1)CC(=O)N2. The third-order valence-electron chi connectivity index (χ3n) is 4.14. The highest BCUT2D eigenvalue weighted by atomic mass is 16.2. The molecule has 0 radical (unpaired) electrons. The van der Waals surface area contributed by atoms with Crippen LogP contribution in [0, 0.1) is 11.3 Å². The number of anilines is 1. The first kappa shape index (κ1) is 14.8. The number of amides is 1. The Kier molecular flexibility index (Phi) is 3.37. The first-order valence-electron chi connectivity index (χ1n) is 7.04. The van der Waals surface area contributed by atoms with Crippen LogP contribution >= 0.6 is 0 Å². The summed E-state index contributed by atoms with van der Waals surface area (Å²) >= 11 is 0. The zero-order valence-corrected chi connectivity index (χ0v) is 12.7. The second-order valence-electron chi connectivity index (χ2n) is 5.51. The molecule has 1 N–H and O–H groups in total. The Labute approximate surface area is 131 Å². The van der Waals surface area contributed by atoms with Crippen molar-refractivity contribution in [2.45, 2.75) is 12.3 Å². The molecule has 1 aliphatic rings. The first-order valence-corrected chi connectivity index (χ1v) is 7.04. The van der Waals surface area contributed by atoms with Gasteiger partial charge in [0.2, 0.25) is 5.91 Å². The van der Waals surface area contributed by atoms with Gasteiger partial charge in [-0.15, -0.1) is 0 Å². The minimum Gasteiger partial charge on any atom is -0.312 e. The number of fused-ring (bicyclic) bond motifs is 1. The summed E-state index contributed by atoms with van der Waals surface area (Å²) in [5.74, 6) is -0.462. The topological polar surface area (TPSA) is 96.9 Å². The summed E-state index contributed by atoms with van der Waals surface area (Å²) in [5.41, 5.74) is 0.740. The Bertz CT molecular complexity index is 961. The quantitative estimate of drug-likeness (QED) is 0.826. The van der Waals surface area contributed by atoms with Gasteiger partial charge in [0, 0.05) is 26.4 Å². The molecule has 1 amide bonds. The molecule has 116 valence electrons. The maximum absolute atomic E-state index is 12.5. The molecular weight excluding hydrogens is 296 g/mol. The van der Waals surface area contributed by atoms with E-state index in [9.17, 15) is 14.4 Å². The van der Waals surface area contributed by atoms with Crippen molar-refractivity contribution < 1.29 is 4.79 Å². The largest absolute Gasteiger partial charge is 0.332 e. The van der Waals surface area contributed by atoms with E-state index in [1.54, 1.807) is 24.3 Å². The van der Waals surface area contributed by atoms with Crippen molar-refractivity contribution in [1.82, 2.24) is 9.13 Å². The van der Waals surface area contributed by atoms with Crippen LogP contribution < -0.4 is 16.6 Å². The van der Waals surface area contributed by atoms with E-state index < -0.39 is 17.2 Å². The van der Waals surface area contributed by atoms with Gasteiger partial charge in [0.25, 0.3) is 5.56 Å². The van der Waals surface area contributed by atoms with Crippen LogP contribution in [0.25, 0.3) is 0 Å². The highest BCUT2D eigenvalue weighted by Crippen LogP contribution is 2.33. The third kappa shape index (κ3) is 2.25. The van der Waals surface area contributed by atoms with Gasteiger partial charge in [-0.1, -0.05) is 12.1 Å². The Morgan fingerprint density at radius 1 is 1.13 bits per heavy atom. The van der Waals surface area contributed by atoms with Crippen LogP contribution in [-0.4, -0.2) is 15.0 Å². The van der Waals surface area contributed by atoms with Crippen LogP contribution in [0.4, 0.5) is 5.82 Å². The third-order valence-corrected chi connectivity index (χ3v) is 4.14. The average molecular weight is 310 g/mol. The Balaban J connectivity index is 2.27. The second-order valence-corrected chi connectivity index (χ2v) is 5.51. The van der Waals surface area contributed by atoms with Crippen LogP contribution in [0.5, 0.6) is 0 Å². The molecule has 23 heavy (non-hydrogen) atoms. The van der Waals surface area contributed by atoms with E-state index in [0.717, 1.165) is 10.1 Å². The number of nitrogens with zero attached hydrogens (tertiary/aromatic N) is 3. The Hall–Kier alpha value is -3.14. The van der Waals surface area contributed by atoms with E-state index in [4.69, 9.17) is 5.26 Å². The lowest BCUT2D eigenvalue weighted by molar-refractivity contribution is -0.116. The van der Waals surface area contributed by atoms with Gasteiger partial charge in [-0.2, -0.15) is 5.26 Å². The van der Waals surface area contributed by atoms with Crippen molar-refractivity contribution in [3.8, 4) is 6.07 Å². The average Bonchev–Trinajstić information content (AvgIpc) is 2.57. The number of aromatic nitrogens is 2. The summed E-state index contributed by atoms with van der Waals surface area (Å²) in [6.07, 6.45) is 0.117. The fourth-order valence-corrected chi connectivity index (χ4v) is 2.88. The van der Waals surface area contributed by atoms with Crippen molar-refractivity contribution in [1.29, 1.82) is 5.26 Å². The lowest BCUT2D eigenvalue weighted by Gasteiger charge is -2.27. The Morgan fingerprint density at radius 2 is 1.78 bits per heavy atom. The van der Waals surface area contributed by atoms with E-state index >= 15 is 0 Å². The van der Waals surface area contributed by atoms with Crippen molar-refractivity contribution in [2.24, 2.45) is 14.1 Å². The molecule has 0 saturated heterocycles. The molecule has 7 heteroatoms. The van der Waals surface area contributed by atoms with Gasteiger partial charge in [0.15, 0.2) is 0 Å². The van der Waals surface area contributed by atoms with Gasteiger partial charge < -0.3 is 5.32 Å². The van der Waals surface area contributed by atoms with Crippen LogP contribution in [-0.2, 0) is 18.9 Å². The normalized spacial score (nSPS) is 16.4. The minimum atomic E-state index is -0.491. The molecule has 0 saturated carbocycles. The maximum Gasteiger partial charge on any atom is 0.332 e. The zero-order chi connectivity index (χ0) is 16.7. The molecule has 2 aromatic rings. The maximum atomic E-state index is 12.5. The number of nitriles is 1. The van der Waals surface area contributed by atoms with Gasteiger partial charge in [-0.25, -0.2) is 4.79 Å². The molecule has 0 spiro atoms. The highest BCUT2D eigenvalue weighted by molar-refractivity contribution is 5.94. The molecular formula is C16H14N4O3. The number of nitrogens with one attached hydrogen (secondary N) is 1. The molecule has 1 aromatic heterocycles. The summed E-state index contributed by atoms with van der Waals surface area (Å²) < 4.78 is 2.30. The highest BCUT2D eigenvalue weighted by Gasteiger charge is 2.32. The van der Waals surface area contributed by atoms with Crippen LogP contribution in [0.1, 0.15) is 29.0 Å². The van der Waals surface area contributed by atoms with Gasteiger partial charge >= 0.3 is 5.69 Å². The summed E-state index contributed by atoms with van der Waals surface area (Å²) in [6.45, 7) is 0. The number of hydrogen-bond donors (Lipinski definition) is 1. The number of rotatable bonds is 1. The van der Waals surface area contributed by atoms with Crippen LogP contribution in [0.2, 0.25) is 0 Å². The lowest BCUT2D eigenvalue weighted by Crippen LogP contribution is -2.44. The smallest absolute Gasteiger partial charge is 0.312 e. The standard InChI is InChI=1S/C16H14N4O3/c1-19-14-13(15(22)20(2)16(19)23)11(7-12(21)18-14)10-5-3-9(8-17)4-6-10/h3-6,11H,7H2,1-2H3,(H,18,21). The monoisotopic (exact) mass is 310 g/mol. The van der Waals surface area contributed by atoms with Crippen molar-refractivity contribution >= 4 is 11.7 Å². The molecule has 0 bridgehead atoms. The summed E-state index contributed by atoms with van der Waals surface area (Å²) in [6, 6.07) is 8.79. The van der Waals surface area contributed by atoms with Crippen LogP contribution in [0.15, 0.2) is 33.9 Å². The molecule has 0 fully saturated rings. The van der Waals surface area contributed by atoms with E-state index in [-0.39, 0.29) is 18.1 Å². The van der Waals surface area contributed by atoms with Gasteiger partial charge in [0.05, 0.1) is 17.2 Å². The molecule has 1 unspecified atom stereocenters. The predicted octanol–water partition coefficient (Wildman–Crippen LogP) is 0.430. The van der Waals surface area contributed by atoms with Crippen molar-refractivity contribution in [3.05, 3.63) is 61.8 Å². The van der Waals surface area contributed by atoms with Gasteiger partial charge in [-0.05, 0) is 17.7 Å². The Morgan fingerprint density at radius 3 is 2.39 bits per heavy atom. The molecule has 2 heterocycles. The summed E-state index contributed by atoms with van der Waals surface area (Å²) in [5, 5.41) is 11.5. The summed E-state index contributed by atoms with van der Waals surface area (Å²) in [4.78, 5) is 36.6. The number of benzene rings is 1. The number of hydrogen-bond acceptors (Lipinski definition) is 4. The number of carbonyl (C=O) groups is 1.